The lowest BCUT2D eigenvalue weighted by Crippen LogP contribution is -2.36. The predicted octanol–water partition coefficient (Wildman–Crippen LogP) is 1.06. The normalized spacial score (nSPS) is 12.3. The molecule has 0 heterocycles. The molecule has 2 N–H and O–H groups in total. The van der Waals surface area contributed by atoms with Crippen molar-refractivity contribution >= 4 is 6.09 Å². The van der Waals surface area contributed by atoms with Gasteiger partial charge in [0, 0.05) is 13.1 Å². The van der Waals surface area contributed by atoms with Crippen LogP contribution < -0.4 is 5.73 Å². The molecule has 0 rings (SSSR count). The van der Waals surface area contributed by atoms with E-state index in [9.17, 15) is 4.79 Å². The average Bonchev–Trinajstić information content (AvgIpc) is 2.14. The summed E-state index contributed by atoms with van der Waals surface area (Å²) in [5, 5.41) is 0. The van der Waals surface area contributed by atoms with Crippen molar-refractivity contribution in [2.24, 2.45) is 11.7 Å². The van der Waals surface area contributed by atoms with E-state index in [0.717, 1.165) is 0 Å². The quantitative estimate of drug-likeness (QED) is 0.702. The van der Waals surface area contributed by atoms with Gasteiger partial charge in [-0.25, -0.2) is 4.79 Å². The minimum absolute atomic E-state index is 0.245. The molecule has 0 aliphatic heterocycles. The molecule has 0 fully saturated rings. The first-order chi connectivity index (χ1) is 6.15. The molecule has 1 atom stereocenters. The van der Waals surface area contributed by atoms with Gasteiger partial charge in [0.15, 0.2) is 0 Å². The second kappa shape index (κ2) is 6.71. The highest BCUT2D eigenvalue weighted by Crippen LogP contribution is 2.00. The van der Waals surface area contributed by atoms with Gasteiger partial charge in [0.2, 0.25) is 0 Å². The molecule has 0 saturated heterocycles. The van der Waals surface area contributed by atoms with Crippen molar-refractivity contribution in [3.63, 3.8) is 0 Å². The maximum absolute atomic E-state index is 11.3. The van der Waals surface area contributed by atoms with Crippen LogP contribution in [0.15, 0.2) is 0 Å². The standard InChI is InChI=1S/C9H20N2O2/c1-4-11(7-8(3)6-10)9(12)13-5-2/h8H,4-7,10H2,1-3H3. The summed E-state index contributed by atoms with van der Waals surface area (Å²) >= 11 is 0. The van der Waals surface area contributed by atoms with Crippen LogP contribution in [0.25, 0.3) is 0 Å². The molecule has 4 nitrogen and oxygen atoms in total. The van der Waals surface area contributed by atoms with Gasteiger partial charge in [-0.05, 0) is 26.3 Å². The summed E-state index contributed by atoms with van der Waals surface area (Å²) in [6, 6.07) is 0. The molecule has 0 bridgehead atoms. The lowest BCUT2D eigenvalue weighted by Gasteiger charge is -2.22. The van der Waals surface area contributed by atoms with Crippen LogP contribution in [0.2, 0.25) is 0 Å². The van der Waals surface area contributed by atoms with Crippen molar-refractivity contribution in [3.05, 3.63) is 0 Å². The van der Waals surface area contributed by atoms with Gasteiger partial charge in [0.1, 0.15) is 0 Å². The Labute approximate surface area is 80.0 Å². The highest BCUT2D eigenvalue weighted by molar-refractivity contribution is 5.67. The molecule has 0 aromatic heterocycles. The summed E-state index contributed by atoms with van der Waals surface area (Å²) in [6.07, 6.45) is -0.245. The monoisotopic (exact) mass is 188 g/mol. The van der Waals surface area contributed by atoms with Crippen LogP contribution >= 0.6 is 0 Å². The van der Waals surface area contributed by atoms with Crippen molar-refractivity contribution < 1.29 is 9.53 Å². The van der Waals surface area contributed by atoms with Crippen LogP contribution in [0.5, 0.6) is 0 Å². The summed E-state index contributed by atoms with van der Waals surface area (Å²) < 4.78 is 4.89. The van der Waals surface area contributed by atoms with Gasteiger partial charge in [-0.2, -0.15) is 0 Å². The van der Waals surface area contributed by atoms with Crippen molar-refractivity contribution in [2.75, 3.05) is 26.2 Å². The Hall–Kier alpha value is -0.770. The number of ether oxygens (including phenoxy) is 1. The van der Waals surface area contributed by atoms with Gasteiger partial charge < -0.3 is 15.4 Å². The molecular formula is C9H20N2O2. The third-order valence-electron chi connectivity index (χ3n) is 1.84. The molecule has 0 aromatic carbocycles. The molecule has 0 aliphatic carbocycles. The van der Waals surface area contributed by atoms with Crippen molar-refractivity contribution in [1.82, 2.24) is 4.90 Å². The SMILES string of the molecule is CCOC(=O)N(CC)CC(C)CN. The highest BCUT2D eigenvalue weighted by Gasteiger charge is 2.14. The zero-order chi connectivity index (χ0) is 10.3. The minimum Gasteiger partial charge on any atom is -0.450 e. The van der Waals surface area contributed by atoms with Gasteiger partial charge in [0.05, 0.1) is 6.61 Å². The van der Waals surface area contributed by atoms with E-state index in [1.54, 1.807) is 11.8 Å². The molecule has 0 spiro atoms. The van der Waals surface area contributed by atoms with E-state index in [0.29, 0.717) is 32.2 Å². The Morgan fingerprint density at radius 2 is 2.15 bits per heavy atom. The molecule has 0 aliphatic rings. The van der Waals surface area contributed by atoms with Crippen LogP contribution in [-0.4, -0.2) is 37.2 Å². The first-order valence-corrected chi connectivity index (χ1v) is 4.77. The third kappa shape index (κ3) is 4.72. The zero-order valence-electron chi connectivity index (χ0n) is 8.75. The first-order valence-electron chi connectivity index (χ1n) is 4.77. The number of rotatable bonds is 5. The Morgan fingerprint density at radius 3 is 2.54 bits per heavy atom. The first kappa shape index (κ1) is 12.2. The summed E-state index contributed by atoms with van der Waals surface area (Å²) in [7, 11) is 0. The van der Waals surface area contributed by atoms with E-state index in [1.165, 1.54) is 0 Å². The maximum Gasteiger partial charge on any atom is 0.409 e. The zero-order valence-corrected chi connectivity index (χ0v) is 8.75. The number of nitrogens with two attached hydrogens (primary N) is 1. The Kier molecular flexibility index (Phi) is 6.32. The number of hydrogen-bond donors (Lipinski definition) is 1. The summed E-state index contributed by atoms with van der Waals surface area (Å²) in [4.78, 5) is 13.0. The molecule has 0 aromatic rings. The number of carbonyl (C=O) groups is 1. The van der Waals surface area contributed by atoms with Gasteiger partial charge in [0.25, 0.3) is 0 Å². The smallest absolute Gasteiger partial charge is 0.409 e. The van der Waals surface area contributed by atoms with Crippen molar-refractivity contribution in [3.8, 4) is 0 Å². The fourth-order valence-electron chi connectivity index (χ4n) is 0.998. The highest BCUT2D eigenvalue weighted by atomic mass is 16.6. The van der Waals surface area contributed by atoms with Crippen LogP contribution in [0.4, 0.5) is 4.79 Å². The van der Waals surface area contributed by atoms with Crippen LogP contribution in [0.1, 0.15) is 20.8 Å². The van der Waals surface area contributed by atoms with E-state index in [2.05, 4.69) is 0 Å². The Morgan fingerprint density at radius 1 is 1.54 bits per heavy atom. The second-order valence-electron chi connectivity index (χ2n) is 3.08. The number of nitrogens with zero attached hydrogens (tertiary/aromatic N) is 1. The van der Waals surface area contributed by atoms with Crippen LogP contribution in [-0.2, 0) is 4.74 Å². The minimum atomic E-state index is -0.245. The van der Waals surface area contributed by atoms with E-state index >= 15 is 0 Å². The summed E-state index contributed by atoms with van der Waals surface area (Å²) in [6.45, 7) is 8.11. The van der Waals surface area contributed by atoms with Gasteiger partial charge in [-0.3, -0.25) is 0 Å². The second-order valence-corrected chi connectivity index (χ2v) is 3.08. The molecule has 0 saturated carbocycles. The van der Waals surface area contributed by atoms with E-state index in [1.807, 2.05) is 13.8 Å². The van der Waals surface area contributed by atoms with Gasteiger partial charge >= 0.3 is 6.09 Å². The fraction of sp³-hybridized carbons (Fsp3) is 0.889. The molecule has 0 radical (unpaired) electrons. The van der Waals surface area contributed by atoms with Gasteiger partial charge in [-0.1, -0.05) is 6.92 Å². The molecule has 13 heavy (non-hydrogen) atoms. The molecule has 1 amide bonds. The third-order valence-corrected chi connectivity index (χ3v) is 1.84. The van der Waals surface area contributed by atoms with E-state index in [-0.39, 0.29) is 6.09 Å². The Balaban J connectivity index is 3.94. The van der Waals surface area contributed by atoms with Crippen molar-refractivity contribution in [1.29, 1.82) is 0 Å². The molecular weight excluding hydrogens is 168 g/mol. The summed E-state index contributed by atoms with van der Waals surface area (Å²) in [5.74, 6) is 0.323. The van der Waals surface area contributed by atoms with E-state index < -0.39 is 0 Å². The number of amides is 1. The fourth-order valence-corrected chi connectivity index (χ4v) is 0.998. The lowest BCUT2D eigenvalue weighted by molar-refractivity contribution is 0.104. The molecule has 78 valence electrons. The Bertz CT molecular complexity index is 151. The average molecular weight is 188 g/mol. The lowest BCUT2D eigenvalue weighted by atomic mass is 10.2. The summed E-state index contributed by atoms with van der Waals surface area (Å²) in [5.41, 5.74) is 5.47. The van der Waals surface area contributed by atoms with E-state index in [4.69, 9.17) is 10.5 Å². The maximum atomic E-state index is 11.3. The van der Waals surface area contributed by atoms with Crippen molar-refractivity contribution in [2.45, 2.75) is 20.8 Å². The largest absolute Gasteiger partial charge is 0.450 e. The van der Waals surface area contributed by atoms with Crippen LogP contribution in [0.3, 0.4) is 0 Å². The van der Waals surface area contributed by atoms with Crippen LogP contribution in [0, 0.1) is 5.92 Å². The van der Waals surface area contributed by atoms with Gasteiger partial charge in [-0.15, -0.1) is 0 Å². The molecule has 1 unspecified atom stereocenters. The molecule has 4 heteroatoms. The number of hydrogen-bond acceptors (Lipinski definition) is 3. The number of carbonyl (C=O) groups excluding carboxylic acids is 1. The topological polar surface area (TPSA) is 55.6 Å². The predicted molar refractivity (Wildman–Crippen MR) is 52.5 cm³/mol.